The van der Waals surface area contributed by atoms with Crippen molar-refractivity contribution in [2.75, 3.05) is 0 Å². The number of aryl methyl sites for hydroxylation is 1. The quantitative estimate of drug-likeness (QED) is 0.351. The number of hydrogen-bond acceptors (Lipinski definition) is 0. The number of fused-ring (bicyclic) bond motifs is 7. The van der Waals surface area contributed by atoms with Crippen molar-refractivity contribution in [2.45, 2.75) is 0 Å². The van der Waals surface area contributed by atoms with Gasteiger partial charge in [-0.1, -0.05) is 61.6 Å². The molecule has 3 aromatic carbocycles. The molecule has 23 heavy (non-hydrogen) atoms. The van der Waals surface area contributed by atoms with E-state index in [1.807, 2.05) is 0 Å². The highest BCUT2D eigenvalue weighted by Crippen LogP contribution is 2.39. The van der Waals surface area contributed by atoms with Gasteiger partial charge in [0, 0.05) is 43.2 Å². The van der Waals surface area contributed by atoms with Gasteiger partial charge in [0.05, 0.1) is 11.0 Å². The fourth-order valence-corrected chi connectivity index (χ4v) is 5.22. The SMILES string of the molecule is C=Ic1cc2c3ccccc3n(C)c2c2[nH]c3ccccc3c12. The number of aromatic amines is 1. The van der Waals surface area contributed by atoms with Crippen molar-refractivity contribution in [1.29, 1.82) is 0 Å². The summed E-state index contributed by atoms with van der Waals surface area (Å²) in [5.41, 5.74) is 5.03. The number of nitrogens with zero attached hydrogens (tertiary/aromatic N) is 1. The van der Waals surface area contributed by atoms with Gasteiger partial charge in [-0.25, -0.2) is 0 Å². The maximum atomic E-state index is 4.28. The first kappa shape index (κ1) is 13.3. The molecular weight excluding hydrogens is 395 g/mol. The molecule has 1 N–H and O–H groups in total. The second-order valence-electron chi connectivity index (χ2n) is 5.88. The minimum atomic E-state index is -0.243. The third-order valence-corrected chi connectivity index (χ3v) is 6.42. The first-order valence-electron chi connectivity index (χ1n) is 7.58. The van der Waals surface area contributed by atoms with E-state index in [0.717, 1.165) is 0 Å². The summed E-state index contributed by atoms with van der Waals surface area (Å²) in [7, 11) is 2.16. The number of para-hydroxylation sites is 2. The average molecular weight is 410 g/mol. The maximum Gasteiger partial charge on any atom is 0.0735 e. The lowest BCUT2D eigenvalue weighted by atomic mass is 10.1. The fourth-order valence-electron chi connectivity index (χ4n) is 3.74. The molecule has 0 aliphatic carbocycles. The maximum absolute atomic E-state index is 4.28. The highest BCUT2D eigenvalue weighted by atomic mass is 127. The van der Waals surface area contributed by atoms with E-state index in [-0.39, 0.29) is 20.7 Å². The molecule has 112 valence electrons. The highest BCUT2D eigenvalue weighted by Gasteiger charge is 2.16. The van der Waals surface area contributed by atoms with Crippen LogP contribution < -0.4 is 0 Å². The van der Waals surface area contributed by atoms with Crippen LogP contribution in [0.4, 0.5) is 0 Å². The zero-order chi connectivity index (χ0) is 15.6. The van der Waals surface area contributed by atoms with Crippen molar-refractivity contribution in [2.24, 2.45) is 7.05 Å². The molecule has 2 nitrogen and oxygen atoms in total. The molecule has 0 bridgehead atoms. The number of benzene rings is 3. The van der Waals surface area contributed by atoms with E-state index in [0.29, 0.717) is 0 Å². The largest absolute Gasteiger partial charge is 0.353 e. The molecule has 0 fully saturated rings. The lowest BCUT2D eigenvalue weighted by Crippen LogP contribution is -1.88. The van der Waals surface area contributed by atoms with Crippen molar-refractivity contribution in [3.05, 3.63) is 58.2 Å². The molecule has 3 heteroatoms. The van der Waals surface area contributed by atoms with Crippen LogP contribution in [0.5, 0.6) is 0 Å². The lowest BCUT2D eigenvalue weighted by Gasteiger charge is -2.03. The van der Waals surface area contributed by atoms with E-state index in [9.17, 15) is 0 Å². The summed E-state index contributed by atoms with van der Waals surface area (Å²) in [6, 6.07) is 19.6. The molecule has 0 amide bonds. The van der Waals surface area contributed by atoms with Gasteiger partial charge in [0.2, 0.25) is 0 Å². The van der Waals surface area contributed by atoms with Gasteiger partial charge in [0.25, 0.3) is 0 Å². The van der Waals surface area contributed by atoms with Crippen molar-refractivity contribution in [3.63, 3.8) is 0 Å². The number of H-pyrrole nitrogens is 1. The Hall–Kier alpha value is -2.14. The van der Waals surface area contributed by atoms with Gasteiger partial charge in [-0.15, -0.1) is 0 Å². The molecule has 0 atom stereocenters. The number of aromatic nitrogens is 2. The van der Waals surface area contributed by atoms with Crippen LogP contribution in [-0.4, -0.2) is 14.1 Å². The van der Waals surface area contributed by atoms with Gasteiger partial charge in [-0.05, 0) is 18.2 Å². The lowest BCUT2D eigenvalue weighted by molar-refractivity contribution is 1.02. The van der Waals surface area contributed by atoms with E-state index in [1.54, 1.807) is 0 Å². The normalized spacial score (nSPS) is 12.0. The minimum Gasteiger partial charge on any atom is -0.353 e. The van der Waals surface area contributed by atoms with Gasteiger partial charge in [0.15, 0.2) is 0 Å². The molecule has 0 aliphatic rings. The zero-order valence-electron chi connectivity index (χ0n) is 12.7. The second kappa shape index (κ2) is 4.68. The Morgan fingerprint density at radius 3 is 2.52 bits per heavy atom. The third-order valence-electron chi connectivity index (χ3n) is 4.74. The molecule has 0 spiro atoms. The third kappa shape index (κ3) is 1.66. The molecule has 2 aromatic heterocycles. The predicted molar refractivity (Wildman–Crippen MR) is 110 cm³/mol. The van der Waals surface area contributed by atoms with Crippen LogP contribution in [-0.2, 0) is 7.05 Å². The summed E-state index contributed by atoms with van der Waals surface area (Å²) >= 11 is -0.243. The predicted octanol–water partition coefficient (Wildman–Crippen LogP) is 5.54. The van der Waals surface area contributed by atoms with Crippen LogP contribution in [0, 0.1) is 3.57 Å². The standard InChI is InChI=1S/C20H15IN2/c1-21-15-11-14-12-7-4-6-10-17(12)23(2)20(14)19-18(15)13-8-3-5-9-16(13)22-19/h3-11,22H,1H2,2H3. The first-order chi connectivity index (χ1) is 11.3. The fraction of sp³-hybridized carbons (Fsp3) is 0.0500. The van der Waals surface area contributed by atoms with Crippen LogP contribution in [0.2, 0.25) is 0 Å². The van der Waals surface area contributed by atoms with Crippen LogP contribution in [0.1, 0.15) is 0 Å². The molecule has 2 heterocycles. The number of hydrogen-bond donors (Lipinski definition) is 1. The van der Waals surface area contributed by atoms with Crippen molar-refractivity contribution >= 4 is 68.9 Å². The zero-order valence-corrected chi connectivity index (χ0v) is 14.9. The summed E-state index contributed by atoms with van der Waals surface area (Å²) in [6.45, 7) is 0. The minimum absolute atomic E-state index is 0.243. The van der Waals surface area contributed by atoms with Crippen LogP contribution in [0.3, 0.4) is 0 Å². The summed E-state index contributed by atoms with van der Waals surface area (Å²) in [5, 5.41) is 5.33. The molecule has 0 unspecified atom stereocenters. The molecular formula is C20H15IN2. The van der Waals surface area contributed by atoms with Crippen molar-refractivity contribution in [1.82, 2.24) is 9.55 Å². The molecule has 5 rings (SSSR count). The Morgan fingerprint density at radius 1 is 0.957 bits per heavy atom. The highest BCUT2D eigenvalue weighted by molar-refractivity contribution is 14.2. The van der Waals surface area contributed by atoms with Crippen molar-refractivity contribution in [3.8, 4) is 0 Å². The Kier molecular flexibility index (Phi) is 2.71. The van der Waals surface area contributed by atoms with E-state index in [1.165, 1.54) is 47.2 Å². The number of rotatable bonds is 1. The molecule has 5 aromatic rings. The smallest absolute Gasteiger partial charge is 0.0735 e. The average Bonchev–Trinajstić information content (AvgIpc) is 3.11. The van der Waals surface area contributed by atoms with Crippen LogP contribution >= 0.6 is 20.7 Å². The molecule has 0 saturated carbocycles. The molecule has 0 aliphatic heterocycles. The van der Waals surface area contributed by atoms with Gasteiger partial charge >= 0.3 is 0 Å². The van der Waals surface area contributed by atoms with E-state index in [4.69, 9.17) is 0 Å². The van der Waals surface area contributed by atoms with Crippen LogP contribution in [0.25, 0.3) is 43.6 Å². The summed E-state index contributed by atoms with van der Waals surface area (Å²) in [6.07, 6.45) is 0. The van der Waals surface area contributed by atoms with Crippen molar-refractivity contribution < 1.29 is 0 Å². The van der Waals surface area contributed by atoms with E-state index in [2.05, 4.69) is 75.7 Å². The Morgan fingerprint density at radius 2 is 1.70 bits per heavy atom. The van der Waals surface area contributed by atoms with Gasteiger partial charge in [0.1, 0.15) is 0 Å². The monoisotopic (exact) mass is 410 g/mol. The summed E-state index contributed by atoms with van der Waals surface area (Å²) in [5.74, 6) is 0. The second-order valence-corrected chi connectivity index (χ2v) is 7.81. The Labute approximate surface area is 143 Å². The van der Waals surface area contributed by atoms with Gasteiger partial charge in [-0.2, -0.15) is 0 Å². The van der Waals surface area contributed by atoms with Crippen LogP contribution in [0.15, 0.2) is 54.6 Å². The topological polar surface area (TPSA) is 20.7 Å². The number of halogens is 1. The Balaban J connectivity index is 2.18. The first-order valence-corrected chi connectivity index (χ1v) is 10.2. The van der Waals surface area contributed by atoms with E-state index >= 15 is 0 Å². The summed E-state index contributed by atoms with van der Waals surface area (Å²) < 4.78 is 8.01. The van der Waals surface area contributed by atoms with Gasteiger partial charge in [-0.3, -0.25) is 0 Å². The summed E-state index contributed by atoms with van der Waals surface area (Å²) in [4.78, 5) is 3.67. The molecule has 0 saturated heterocycles. The van der Waals surface area contributed by atoms with E-state index < -0.39 is 0 Å². The number of nitrogens with one attached hydrogen (secondary N) is 1. The Bertz CT molecular complexity index is 1240. The van der Waals surface area contributed by atoms with Gasteiger partial charge < -0.3 is 9.55 Å². The molecule has 0 radical (unpaired) electrons.